The normalized spacial score (nSPS) is 16.0. The van der Waals surface area contributed by atoms with Crippen LogP contribution >= 0.6 is 0 Å². The van der Waals surface area contributed by atoms with Gasteiger partial charge >= 0.3 is 0 Å². The molecule has 1 aliphatic heterocycles. The van der Waals surface area contributed by atoms with Gasteiger partial charge in [-0.3, -0.25) is 4.90 Å². The Labute approximate surface area is 163 Å². The highest BCUT2D eigenvalue weighted by atomic mass is 15.3. The predicted molar refractivity (Wildman–Crippen MR) is 110 cm³/mol. The molecular formula is C21H23N7. The van der Waals surface area contributed by atoms with Crippen molar-refractivity contribution in [3.63, 3.8) is 0 Å². The summed E-state index contributed by atoms with van der Waals surface area (Å²) in [7, 11) is 0. The molecule has 7 nitrogen and oxygen atoms in total. The topological polar surface area (TPSA) is 84.4 Å². The Morgan fingerprint density at radius 3 is 2.82 bits per heavy atom. The smallest absolute Gasteiger partial charge is 0.159 e. The molecule has 0 unspecified atom stereocenters. The van der Waals surface area contributed by atoms with Crippen LogP contribution in [0.15, 0.2) is 55.0 Å². The lowest BCUT2D eigenvalue weighted by Gasteiger charge is -2.29. The van der Waals surface area contributed by atoms with Crippen LogP contribution in [0.25, 0.3) is 16.4 Å². The van der Waals surface area contributed by atoms with Crippen LogP contribution in [0.3, 0.4) is 0 Å². The number of nitrogens with one attached hydrogen (secondary N) is 1. The summed E-state index contributed by atoms with van der Waals surface area (Å²) in [5, 5.41) is 8.87. The Balaban J connectivity index is 1.46. The lowest BCUT2D eigenvalue weighted by molar-refractivity contribution is 0.206. The predicted octanol–water partition coefficient (Wildman–Crippen LogP) is 2.94. The lowest BCUT2D eigenvalue weighted by atomic mass is 10.1. The standard InChI is InChI=1S/C21H23N7/c22-17-8-10-27(11-9-17)13-16-7-12-28-20(16)21(23-14-24-28)26-19-6-5-15-3-1-2-4-18(15)25-19/h1-7,12,14,17H,8-11,13,22H2,(H,23,24,25,26). The number of para-hydroxylation sites is 1. The first kappa shape index (κ1) is 17.1. The van der Waals surface area contributed by atoms with Crippen LogP contribution in [0.4, 0.5) is 11.6 Å². The van der Waals surface area contributed by atoms with Crippen molar-refractivity contribution in [3.8, 4) is 0 Å². The zero-order valence-electron chi connectivity index (χ0n) is 15.6. The molecule has 0 bridgehead atoms. The number of piperidine rings is 1. The van der Waals surface area contributed by atoms with Gasteiger partial charge in [0.15, 0.2) is 5.82 Å². The first-order valence-corrected chi connectivity index (χ1v) is 9.68. The van der Waals surface area contributed by atoms with Crippen molar-refractivity contribution in [2.24, 2.45) is 5.73 Å². The molecule has 142 valence electrons. The van der Waals surface area contributed by atoms with E-state index < -0.39 is 0 Å². The highest BCUT2D eigenvalue weighted by Crippen LogP contribution is 2.25. The van der Waals surface area contributed by atoms with Gasteiger partial charge in [-0.25, -0.2) is 14.5 Å². The second kappa shape index (κ2) is 7.18. The molecule has 1 saturated heterocycles. The van der Waals surface area contributed by atoms with E-state index in [9.17, 15) is 0 Å². The molecule has 0 amide bonds. The molecule has 3 N–H and O–H groups in total. The minimum atomic E-state index is 0.335. The molecule has 5 rings (SSSR count). The molecule has 1 aliphatic rings. The number of benzene rings is 1. The number of fused-ring (bicyclic) bond motifs is 2. The number of rotatable bonds is 4. The van der Waals surface area contributed by atoms with Crippen molar-refractivity contribution in [2.45, 2.75) is 25.4 Å². The van der Waals surface area contributed by atoms with Crippen molar-refractivity contribution >= 4 is 28.1 Å². The maximum Gasteiger partial charge on any atom is 0.159 e. The molecule has 4 aromatic rings. The molecule has 3 aromatic heterocycles. The Morgan fingerprint density at radius 1 is 1.07 bits per heavy atom. The summed E-state index contributed by atoms with van der Waals surface area (Å²) in [6, 6.07) is 14.6. The average molecular weight is 373 g/mol. The highest BCUT2D eigenvalue weighted by Gasteiger charge is 2.19. The number of nitrogens with two attached hydrogens (primary N) is 1. The molecule has 1 fully saturated rings. The van der Waals surface area contributed by atoms with Crippen molar-refractivity contribution in [1.82, 2.24) is 24.5 Å². The Morgan fingerprint density at radius 2 is 1.93 bits per heavy atom. The molecule has 0 spiro atoms. The fraction of sp³-hybridized carbons (Fsp3) is 0.286. The summed E-state index contributed by atoms with van der Waals surface area (Å²) in [4.78, 5) is 11.7. The molecule has 7 heteroatoms. The molecule has 0 saturated carbocycles. The minimum absolute atomic E-state index is 0.335. The van der Waals surface area contributed by atoms with E-state index >= 15 is 0 Å². The van der Waals surface area contributed by atoms with E-state index in [-0.39, 0.29) is 0 Å². The fourth-order valence-corrected chi connectivity index (χ4v) is 3.85. The molecule has 28 heavy (non-hydrogen) atoms. The maximum absolute atomic E-state index is 6.04. The van der Waals surface area contributed by atoms with E-state index in [4.69, 9.17) is 10.7 Å². The van der Waals surface area contributed by atoms with Crippen molar-refractivity contribution in [1.29, 1.82) is 0 Å². The van der Waals surface area contributed by atoms with Crippen LogP contribution in [-0.2, 0) is 6.54 Å². The maximum atomic E-state index is 6.04. The zero-order chi connectivity index (χ0) is 18.9. The molecule has 4 heterocycles. The monoisotopic (exact) mass is 373 g/mol. The van der Waals surface area contributed by atoms with Gasteiger partial charge in [0.1, 0.15) is 17.7 Å². The number of likely N-dealkylation sites (tertiary alicyclic amines) is 1. The Kier molecular flexibility index (Phi) is 4.38. The first-order chi connectivity index (χ1) is 13.8. The zero-order valence-corrected chi connectivity index (χ0v) is 15.6. The SMILES string of the molecule is NC1CCN(Cc2ccn3ncnc(Nc4ccc5ccccc5n4)c23)CC1. The van der Waals surface area contributed by atoms with Crippen molar-refractivity contribution in [3.05, 3.63) is 60.6 Å². The van der Waals surface area contributed by atoms with E-state index in [1.54, 1.807) is 6.33 Å². The number of hydrogen-bond acceptors (Lipinski definition) is 6. The van der Waals surface area contributed by atoms with Crippen molar-refractivity contribution in [2.75, 3.05) is 18.4 Å². The Bertz CT molecular complexity index is 1110. The molecule has 0 atom stereocenters. The van der Waals surface area contributed by atoms with Gasteiger partial charge in [0.25, 0.3) is 0 Å². The van der Waals surface area contributed by atoms with Gasteiger partial charge in [-0.2, -0.15) is 5.10 Å². The van der Waals surface area contributed by atoms with E-state index in [0.717, 1.165) is 60.5 Å². The number of hydrogen-bond donors (Lipinski definition) is 2. The first-order valence-electron chi connectivity index (χ1n) is 9.68. The molecule has 0 radical (unpaired) electrons. The van der Waals surface area contributed by atoms with Gasteiger partial charge in [-0.05, 0) is 55.8 Å². The summed E-state index contributed by atoms with van der Waals surface area (Å²) < 4.78 is 1.88. The van der Waals surface area contributed by atoms with E-state index in [0.29, 0.717) is 6.04 Å². The summed E-state index contributed by atoms with van der Waals surface area (Å²) >= 11 is 0. The lowest BCUT2D eigenvalue weighted by Crippen LogP contribution is -2.39. The number of nitrogens with zero attached hydrogens (tertiary/aromatic N) is 5. The van der Waals surface area contributed by atoms with E-state index in [1.807, 2.05) is 35.0 Å². The van der Waals surface area contributed by atoms with Crippen LogP contribution < -0.4 is 11.1 Å². The van der Waals surface area contributed by atoms with Crippen LogP contribution in [0, 0.1) is 0 Å². The average Bonchev–Trinajstić information content (AvgIpc) is 3.13. The third kappa shape index (κ3) is 3.30. The third-order valence-electron chi connectivity index (χ3n) is 5.41. The van der Waals surface area contributed by atoms with Gasteiger partial charge in [-0.1, -0.05) is 18.2 Å². The summed E-state index contributed by atoms with van der Waals surface area (Å²) in [6.45, 7) is 2.93. The Hall–Kier alpha value is -3.03. The van der Waals surface area contributed by atoms with Crippen LogP contribution in [0.5, 0.6) is 0 Å². The summed E-state index contributed by atoms with van der Waals surface area (Å²) in [5.74, 6) is 1.54. The summed E-state index contributed by atoms with van der Waals surface area (Å²) in [6.07, 6.45) is 5.66. The van der Waals surface area contributed by atoms with Gasteiger partial charge in [0.05, 0.1) is 5.52 Å². The second-order valence-corrected chi connectivity index (χ2v) is 7.37. The van der Waals surface area contributed by atoms with Gasteiger partial charge in [0.2, 0.25) is 0 Å². The van der Waals surface area contributed by atoms with Gasteiger partial charge in [0, 0.05) is 24.2 Å². The minimum Gasteiger partial charge on any atom is -0.328 e. The van der Waals surface area contributed by atoms with Crippen LogP contribution in [-0.4, -0.2) is 43.6 Å². The highest BCUT2D eigenvalue weighted by molar-refractivity contribution is 5.82. The fourth-order valence-electron chi connectivity index (χ4n) is 3.85. The van der Waals surface area contributed by atoms with Gasteiger partial charge < -0.3 is 11.1 Å². The van der Waals surface area contributed by atoms with E-state index in [2.05, 4.69) is 38.5 Å². The van der Waals surface area contributed by atoms with Crippen LogP contribution in [0.1, 0.15) is 18.4 Å². The third-order valence-corrected chi connectivity index (χ3v) is 5.41. The number of pyridine rings is 1. The largest absolute Gasteiger partial charge is 0.328 e. The molecular weight excluding hydrogens is 350 g/mol. The van der Waals surface area contributed by atoms with E-state index in [1.165, 1.54) is 5.56 Å². The second-order valence-electron chi connectivity index (χ2n) is 7.37. The molecule has 1 aromatic carbocycles. The quantitative estimate of drug-likeness (QED) is 0.572. The molecule has 0 aliphatic carbocycles. The number of aromatic nitrogens is 4. The van der Waals surface area contributed by atoms with Gasteiger partial charge in [-0.15, -0.1) is 0 Å². The summed E-state index contributed by atoms with van der Waals surface area (Å²) in [5.41, 5.74) is 9.20. The van der Waals surface area contributed by atoms with Crippen molar-refractivity contribution < 1.29 is 0 Å². The number of anilines is 2. The van der Waals surface area contributed by atoms with Crippen LogP contribution in [0.2, 0.25) is 0 Å².